The molecule has 1 aromatic carbocycles. The molecule has 0 radical (unpaired) electrons. The standard InChI is InChI=1S/C11H9NO2/c1-7-2-3-10-9(4-7)8(6-13)5-11(14)12-10/h2-6H,1H3,(H,12,14). The van der Waals surface area contributed by atoms with Gasteiger partial charge in [-0.3, -0.25) is 9.59 Å². The third kappa shape index (κ3) is 1.33. The molecule has 14 heavy (non-hydrogen) atoms. The Morgan fingerprint density at radius 1 is 1.29 bits per heavy atom. The van der Waals surface area contributed by atoms with E-state index in [9.17, 15) is 9.59 Å². The average molecular weight is 187 g/mol. The Kier molecular flexibility index (Phi) is 1.93. The number of benzene rings is 1. The van der Waals surface area contributed by atoms with Crippen LogP contribution in [0.5, 0.6) is 0 Å². The molecule has 1 heterocycles. The van der Waals surface area contributed by atoms with Crippen LogP contribution in [0.15, 0.2) is 29.1 Å². The van der Waals surface area contributed by atoms with Crippen molar-refractivity contribution in [3.05, 3.63) is 45.7 Å². The average Bonchev–Trinajstić information content (AvgIpc) is 2.17. The van der Waals surface area contributed by atoms with Crippen molar-refractivity contribution in [3.63, 3.8) is 0 Å². The van der Waals surface area contributed by atoms with Crippen LogP contribution in [-0.4, -0.2) is 11.3 Å². The number of aldehydes is 1. The molecular formula is C11H9NO2. The Morgan fingerprint density at radius 2 is 2.07 bits per heavy atom. The maximum absolute atomic E-state index is 11.1. The van der Waals surface area contributed by atoms with Gasteiger partial charge in [0.2, 0.25) is 5.56 Å². The first-order valence-corrected chi connectivity index (χ1v) is 4.29. The Balaban J connectivity index is 2.95. The van der Waals surface area contributed by atoms with Gasteiger partial charge in [-0.05, 0) is 19.1 Å². The van der Waals surface area contributed by atoms with Crippen molar-refractivity contribution in [2.45, 2.75) is 6.92 Å². The van der Waals surface area contributed by atoms with Gasteiger partial charge in [0.1, 0.15) is 0 Å². The number of fused-ring (bicyclic) bond motifs is 1. The van der Waals surface area contributed by atoms with Crippen LogP contribution in [-0.2, 0) is 0 Å². The largest absolute Gasteiger partial charge is 0.322 e. The second-order valence-corrected chi connectivity index (χ2v) is 3.26. The predicted octanol–water partition coefficient (Wildman–Crippen LogP) is 1.65. The molecule has 2 rings (SSSR count). The van der Waals surface area contributed by atoms with Crippen LogP contribution >= 0.6 is 0 Å². The predicted molar refractivity (Wildman–Crippen MR) is 54.7 cm³/mol. The van der Waals surface area contributed by atoms with Crippen molar-refractivity contribution in [1.82, 2.24) is 4.98 Å². The molecule has 1 aromatic heterocycles. The molecule has 1 N–H and O–H groups in total. The van der Waals surface area contributed by atoms with Crippen molar-refractivity contribution in [2.24, 2.45) is 0 Å². The molecule has 0 bridgehead atoms. The first-order valence-electron chi connectivity index (χ1n) is 4.29. The van der Waals surface area contributed by atoms with Crippen LogP contribution in [0.1, 0.15) is 15.9 Å². The highest BCUT2D eigenvalue weighted by atomic mass is 16.1. The molecule has 70 valence electrons. The quantitative estimate of drug-likeness (QED) is 0.690. The summed E-state index contributed by atoms with van der Waals surface area (Å²) in [6, 6.07) is 6.90. The number of hydrogen-bond acceptors (Lipinski definition) is 2. The van der Waals surface area contributed by atoms with E-state index < -0.39 is 0 Å². The van der Waals surface area contributed by atoms with E-state index in [-0.39, 0.29) is 5.56 Å². The van der Waals surface area contributed by atoms with Gasteiger partial charge in [0.25, 0.3) is 0 Å². The number of hydrogen-bond donors (Lipinski definition) is 1. The first kappa shape index (κ1) is 8.69. The van der Waals surface area contributed by atoms with E-state index in [4.69, 9.17) is 0 Å². The van der Waals surface area contributed by atoms with Gasteiger partial charge in [-0.2, -0.15) is 0 Å². The molecule has 0 spiro atoms. The Labute approximate surface area is 80.4 Å². The Bertz CT molecular complexity index is 555. The van der Waals surface area contributed by atoms with Crippen molar-refractivity contribution in [3.8, 4) is 0 Å². The summed E-state index contributed by atoms with van der Waals surface area (Å²) in [4.78, 5) is 24.5. The topological polar surface area (TPSA) is 49.9 Å². The normalized spacial score (nSPS) is 10.4. The zero-order valence-electron chi connectivity index (χ0n) is 7.70. The molecule has 3 nitrogen and oxygen atoms in total. The Morgan fingerprint density at radius 3 is 2.79 bits per heavy atom. The minimum absolute atomic E-state index is 0.247. The maximum Gasteiger partial charge on any atom is 0.249 e. The van der Waals surface area contributed by atoms with E-state index in [1.807, 2.05) is 19.1 Å². The molecule has 0 saturated carbocycles. The summed E-state index contributed by atoms with van der Waals surface area (Å²) in [7, 11) is 0. The van der Waals surface area contributed by atoms with Gasteiger partial charge < -0.3 is 4.98 Å². The van der Waals surface area contributed by atoms with Crippen LogP contribution in [0, 0.1) is 6.92 Å². The third-order valence-corrected chi connectivity index (χ3v) is 2.16. The monoisotopic (exact) mass is 187 g/mol. The summed E-state index contributed by atoms with van der Waals surface area (Å²) in [5, 5.41) is 0.791. The lowest BCUT2D eigenvalue weighted by atomic mass is 10.1. The highest BCUT2D eigenvalue weighted by molar-refractivity contribution is 5.96. The summed E-state index contributed by atoms with van der Waals surface area (Å²) in [6.07, 6.45) is 0.705. The number of aromatic nitrogens is 1. The molecule has 0 aliphatic rings. The summed E-state index contributed by atoms with van der Waals surface area (Å²) < 4.78 is 0. The summed E-state index contributed by atoms with van der Waals surface area (Å²) in [5.41, 5.74) is 1.95. The first-order chi connectivity index (χ1) is 6.70. The fourth-order valence-corrected chi connectivity index (χ4v) is 1.49. The molecule has 0 aliphatic heterocycles. The third-order valence-electron chi connectivity index (χ3n) is 2.16. The van der Waals surface area contributed by atoms with E-state index >= 15 is 0 Å². The van der Waals surface area contributed by atoms with Gasteiger partial charge in [0.05, 0.1) is 0 Å². The second-order valence-electron chi connectivity index (χ2n) is 3.26. The maximum atomic E-state index is 11.1. The number of carbonyl (C=O) groups is 1. The number of carbonyl (C=O) groups excluding carboxylic acids is 1. The fourth-order valence-electron chi connectivity index (χ4n) is 1.49. The molecule has 0 amide bonds. The smallest absolute Gasteiger partial charge is 0.249 e. The van der Waals surface area contributed by atoms with Crippen LogP contribution in [0.3, 0.4) is 0 Å². The van der Waals surface area contributed by atoms with Crippen LogP contribution in [0.4, 0.5) is 0 Å². The summed E-state index contributed by atoms with van der Waals surface area (Å²) >= 11 is 0. The van der Waals surface area contributed by atoms with Crippen molar-refractivity contribution in [2.75, 3.05) is 0 Å². The van der Waals surface area contributed by atoms with Gasteiger partial charge >= 0.3 is 0 Å². The van der Waals surface area contributed by atoms with Gasteiger partial charge in [-0.25, -0.2) is 0 Å². The lowest BCUT2D eigenvalue weighted by Gasteiger charge is -2.01. The molecule has 0 aliphatic carbocycles. The SMILES string of the molecule is Cc1ccc2[nH]c(=O)cc(C=O)c2c1. The number of aryl methyl sites for hydroxylation is 1. The number of H-pyrrole nitrogens is 1. The van der Waals surface area contributed by atoms with E-state index in [1.165, 1.54) is 6.07 Å². The zero-order valence-corrected chi connectivity index (χ0v) is 7.70. The van der Waals surface area contributed by atoms with Crippen molar-refractivity contribution < 1.29 is 4.79 Å². The fraction of sp³-hybridized carbons (Fsp3) is 0.0909. The van der Waals surface area contributed by atoms with E-state index in [0.717, 1.165) is 10.9 Å². The van der Waals surface area contributed by atoms with Gasteiger partial charge in [0.15, 0.2) is 6.29 Å². The number of aromatic amines is 1. The molecular weight excluding hydrogens is 178 g/mol. The molecule has 0 saturated heterocycles. The number of rotatable bonds is 1. The summed E-state index contributed by atoms with van der Waals surface area (Å²) in [6.45, 7) is 1.94. The number of pyridine rings is 1. The van der Waals surface area contributed by atoms with Crippen molar-refractivity contribution in [1.29, 1.82) is 0 Å². The van der Waals surface area contributed by atoms with E-state index in [1.54, 1.807) is 6.07 Å². The molecule has 3 heteroatoms. The van der Waals surface area contributed by atoms with Gasteiger partial charge in [-0.15, -0.1) is 0 Å². The minimum atomic E-state index is -0.247. The highest BCUT2D eigenvalue weighted by Gasteiger charge is 2.01. The molecule has 0 unspecified atom stereocenters. The highest BCUT2D eigenvalue weighted by Crippen LogP contribution is 2.14. The van der Waals surface area contributed by atoms with Crippen molar-refractivity contribution >= 4 is 17.2 Å². The number of nitrogens with one attached hydrogen (secondary N) is 1. The van der Waals surface area contributed by atoms with Gasteiger partial charge in [0, 0.05) is 22.5 Å². The minimum Gasteiger partial charge on any atom is -0.322 e. The molecule has 0 fully saturated rings. The van der Waals surface area contributed by atoms with Crippen LogP contribution in [0.25, 0.3) is 10.9 Å². The Hall–Kier alpha value is -1.90. The summed E-state index contributed by atoms with van der Waals surface area (Å²) in [5.74, 6) is 0. The molecule has 0 atom stereocenters. The zero-order chi connectivity index (χ0) is 10.1. The lowest BCUT2D eigenvalue weighted by molar-refractivity contribution is 0.112. The van der Waals surface area contributed by atoms with Crippen LogP contribution in [0.2, 0.25) is 0 Å². The second kappa shape index (κ2) is 3.10. The van der Waals surface area contributed by atoms with Crippen LogP contribution < -0.4 is 5.56 Å². The van der Waals surface area contributed by atoms with E-state index in [0.29, 0.717) is 17.4 Å². The molecule has 2 aromatic rings. The lowest BCUT2D eigenvalue weighted by Crippen LogP contribution is -2.06. The van der Waals surface area contributed by atoms with Gasteiger partial charge in [-0.1, -0.05) is 11.6 Å². The van der Waals surface area contributed by atoms with E-state index in [2.05, 4.69) is 4.98 Å².